The Hall–Kier alpha value is -2.61. The van der Waals surface area contributed by atoms with E-state index in [1.165, 1.54) is 40.8 Å². The molecule has 0 atom stereocenters. The topological polar surface area (TPSA) is 20.3 Å². The number of rotatable bonds is 4. The summed E-state index contributed by atoms with van der Waals surface area (Å²) >= 11 is 0. The number of hydrogen-bond acceptors (Lipinski definition) is 2. The Morgan fingerprint density at radius 2 is 1.72 bits per heavy atom. The molecule has 1 aliphatic carbocycles. The van der Waals surface area contributed by atoms with Gasteiger partial charge in [-0.25, -0.2) is 0 Å². The zero-order chi connectivity index (χ0) is 17.2. The smallest absolute Gasteiger partial charge is 0.185 e. The number of carbonyl (C=O) groups is 1. The van der Waals surface area contributed by atoms with Gasteiger partial charge in [0.1, 0.15) is 0 Å². The minimum absolute atomic E-state index is 0.0673. The number of aryl methyl sites for hydroxylation is 1. The molecule has 0 bridgehead atoms. The molecule has 0 amide bonds. The molecule has 126 valence electrons. The van der Waals surface area contributed by atoms with Crippen molar-refractivity contribution in [2.45, 2.75) is 26.2 Å². The van der Waals surface area contributed by atoms with E-state index in [0.717, 1.165) is 25.1 Å². The lowest BCUT2D eigenvalue weighted by atomic mass is 10.0. The second-order valence-electron chi connectivity index (χ2n) is 6.95. The van der Waals surface area contributed by atoms with E-state index in [2.05, 4.69) is 29.2 Å². The van der Waals surface area contributed by atoms with E-state index >= 15 is 0 Å². The molecular weight excluding hydrogens is 306 g/mol. The lowest BCUT2D eigenvalue weighted by Gasteiger charge is -2.20. The number of likely N-dealkylation sites (tertiary alicyclic amines) is 1. The summed E-state index contributed by atoms with van der Waals surface area (Å²) < 4.78 is 0. The van der Waals surface area contributed by atoms with Crippen molar-refractivity contribution in [2.75, 3.05) is 13.1 Å². The molecule has 2 aromatic rings. The fourth-order valence-corrected chi connectivity index (χ4v) is 3.80. The zero-order valence-electron chi connectivity index (χ0n) is 14.7. The van der Waals surface area contributed by atoms with Crippen LogP contribution >= 0.6 is 0 Å². The monoisotopic (exact) mass is 329 g/mol. The Balaban J connectivity index is 1.66. The molecule has 0 radical (unpaired) electrons. The Bertz CT molecular complexity index is 852. The van der Waals surface area contributed by atoms with Crippen molar-refractivity contribution in [1.82, 2.24) is 4.90 Å². The molecule has 2 aliphatic rings. The van der Waals surface area contributed by atoms with E-state index in [1.807, 2.05) is 37.3 Å². The molecule has 2 nitrogen and oxygen atoms in total. The largest absolute Gasteiger partial charge is 0.374 e. The highest BCUT2D eigenvalue weighted by molar-refractivity contribution is 6.06. The minimum Gasteiger partial charge on any atom is -0.374 e. The number of carbonyl (C=O) groups excluding carboxylic acids is 1. The van der Waals surface area contributed by atoms with E-state index in [0.29, 0.717) is 0 Å². The van der Waals surface area contributed by atoms with Crippen LogP contribution in [0, 0.1) is 6.92 Å². The van der Waals surface area contributed by atoms with Crippen molar-refractivity contribution in [1.29, 1.82) is 0 Å². The predicted octanol–water partition coefficient (Wildman–Crippen LogP) is 4.80. The fraction of sp³-hybridized carbons (Fsp3) is 0.261. The van der Waals surface area contributed by atoms with Crippen LogP contribution in [-0.2, 0) is 6.42 Å². The molecule has 2 aromatic carbocycles. The van der Waals surface area contributed by atoms with Gasteiger partial charge in [-0.1, -0.05) is 54.1 Å². The highest BCUT2D eigenvalue weighted by atomic mass is 16.1. The summed E-state index contributed by atoms with van der Waals surface area (Å²) in [7, 11) is 0. The van der Waals surface area contributed by atoms with Crippen LogP contribution < -0.4 is 0 Å². The van der Waals surface area contributed by atoms with Gasteiger partial charge in [-0.05, 0) is 43.0 Å². The van der Waals surface area contributed by atoms with Crippen LogP contribution in [0.1, 0.15) is 39.9 Å². The van der Waals surface area contributed by atoms with E-state index in [9.17, 15) is 4.79 Å². The standard InChI is InChI=1S/C23H23NO/c1-17-8-10-18(11-9-17)23(25)13-12-21-20-7-3-2-6-19(20)16-22(21)24-14-4-5-15-24/h2-3,6-13H,4-5,14-16H2,1H3. The Kier molecular flexibility index (Phi) is 4.27. The van der Waals surface area contributed by atoms with Gasteiger partial charge in [0.25, 0.3) is 0 Å². The summed E-state index contributed by atoms with van der Waals surface area (Å²) in [5, 5.41) is 0. The number of allylic oxidation sites excluding steroid dienone is 4. The number of fused-ring (bicyclic) bond motifs is 1. The summed E-state index contributed by atoms with van der Waals surface area (Å²) in [4.78, 5) is 15.0. The molecule has 2 heteroatoms. The van der Waals surface area contributed by atoms with Crippen LogP contribution in [0.15, 0.2) is 66.4 Å². The van der Waals surface area contributed by atoms with Gasteiger partial charge < -0.3 is 4.90 Å². The van der Waals surface area contributed by atoms with Gasteiger partial charge in [-0.15, -0.1) is 0 Å². The van der Waals surface area contributed by atoms with Crippen molar-refractivity contribution in [3.63, 3.8) is 0 Å². The third-order valence-electron chi connectivity index (χ3n) is 5.20. The lowest BCUT2D eigenvalue weighted by Crippen LogP contribution is -2.19. The molecular formula is C23H23NO. The second kappa shape index (κ2) is 6.72. The second-order valence-corrected chi connectivity index (χ2v) is 6.95. The summed E-state index contributed by atoms with van der Waals surface area (Å²) in [6.07, 6.45) is 7.27. The van der Waals surface area contributed by atoms with Crippen molar-refractivity contribution in [3.05, 3.63) is 88.6 Å². The molecule has 0 spiro atoms. The third kappa shape index (κ3) is 3.17. The summed E-state index contributed by atoms with van der Waals surface area (Å²) in [5.41, 5.74) is 7.16. The van der Waals surface area contributed by atoms with Crippen molar-refractivity contribution >= 4 is 11.4 Å². The van der Waals surface area contributed by atoms with Gasteiger partial charge in [-0.2, -0.15) is 0 Å². The maximum Gasteiger partial charge on any atom is 0.185 e. The molecule has 0 unspecified atom stereocenters. The van der Waals surface area contributed by atoms with Gasteiger partial charge in [0.15, 0.2) is 5.78 Å². The third-order valence-corrected chi connectivity index (χ3v) is 5.20. The van der Waals surface area contributed by atoms with Crippen LogP contribution in [0.3, 0.4) is 0 Å². The Morgan fingerprint density at radius 1 is 1.00 bits per heavy atom. The van der Waals surface area contributed by atoms with Crippen molar-refractivity contribution in [3.8, 4) is 0 Å². The van der Waals surface area contributed by atoms with E-state index in [4.69, 9.17) is 0 Å². The quantitative estimate of drug-likeness (QED) is 0.593. The maximum atomic E-state index is 12.5. The van der Waals surface area contributed by atoms with Gasteiger partial charge in [0.2, 0.25) is 0 Å². The van der Waals surface area contributed by atoms with Gasteiger partial charge in [-0.3, -0.25) is 4.79 Å². The van der Waals surface area contributed by atoms with E-state index < -0.39 is 0 Å². The minimum atomic E-state index is 0.0673. The Morgan fingerprint density at radius 3 is 2.48 bits per heavy atom. The fourth-order valence-electron chi connectivity index (χ4n) is 3.80. The number of hydrogen-bond donors (Lipinski definition) is 0. The zero-order valence-corrected chi connectivity index (χ0v) is 14.7. The van der Waals surface area contributed by atoms with Crippen LogP contribution in [0.4, 0.5) is 0 Å². The molecule has 1 aliphatic heterocycles. The first-order valence-electron chi connectivity index (χ1n) is 9.08. The number of ketones is 1. The lowest BCUT2D eigenvalue weighted by molar-refractivity contribution is 0.104. The number of nitrogens with zero attached hydrogens (tertiary/aromatic N) is 1. The van der Waals surface area contributed by atoms with Crippen molar-refractivity contribution < 1.29 is 4.79 Å². The molecule has 1 heterocycles. The van der Waals surface area contributed by atoms with Crippen LogP contribution in [0.2, 0.25) is 0 Å². The molecule has 25 heavy (non-hydrogen) atoms. The van der Waals surface area contributed by atoms with E-state index in [-0.39, 0.29) is 5.78 Å². The summed E-state index contributed by atoms with van der Waals surface area (Å²) in [6, 6.07) is 16.3. The predicted molar refractivity (Wildman–Crippen MR) is 103 cm³/mol. The normalized spacial score (nSPS) is 16.8. The van der Waals surface area contributed by atoms with Gasteiger partial charge in [0.05, 0.1) is 0 Å². The van der Waals surface area contributed by atoms with Crippen LogP contribution in [-0.4, -0.2) is 23.8 Å². The van der Waals surface area contributed by atoms with Gasteiger partial charge >= 0.3 is 0 Å². The first-order valence-corrected chi connectivity index (χ1v) is 9.08. The molecule has 0 N–H and O–H groups in total. The molecule has 4 rings (SSSR count). The summed E-state index contributed by atoms with van der Waals surface area (Å²) in [6.45, 7) is 4.30. The number of benzene rings is 2. The average Bonchev–Trinajstić information content (AvgIpc) is 3.28. The molecule has 1 fully saturated rings. The first kappa shape index (κ1) is 15.9. The summed E-state index contributed by atoms with van der Waals surface area (Å²) in [5.74, 6) is 0.0673. The van der Waals surface area contributed by atoms with Crippen molar-refractivity contribution in [2.24, 2.45) is 0 Å². The highest BCUT2D eigenvalue weighted by Gasteiger charge is 2.25. The molecule has 1 saturated heterocycles. The molecule has 0 aromatic heterocycles. The highest BCUT2D eigenvalue weighted by Crippen LogP contribution is 2.36. The first-order chi connectivity index (χ1) is 12.2. The SMILES string of the molecule is Cc1ccc(C(=O)C=CC2=C(N3CCCC3)Cc3ccccc32)cc1. The Labute approximate surface area is 149 Å². The van der Waals surface area contributed by atoms with Gasteiger partial charge in [0, 0.05) is 36.3 Å². The average molecular weight is 329 g/mol. The molecule has 0 saturated carbocycles. The maximum absolute atomic E-state index is 12.5. The van der Waals surface area contributed by atoms with E-state index in [1.54, 1.807) is 6.08 Å². The van der Waals surface area contributed by atoms with Crippen LogP contribution in [0.25, 0.3) is 5.57 Å². The van der Waals surface area contributed by atoms with Crippen LogP contribution in [0.5, 0.6) is 0 Å².